The smallest absolute Gasteiger partial charge is 0.239 e. The molecular weight excluding hydrogens is 418 g/mol. The summed E-state index contributed by atoms with van der Waals surface area (Å²) in [5.41, 5.74) is 3.03. The Labute approximate surface area is 194 Å². The Morgan fingerprint density at radius 3 is 2.97 bits per heavy atom. The average Bonchev–Trinajstić information content (AvgIpc) is 2.81. The third-order valence-corrected chi connectivity index (χ3v) is 6.25. The molecule has 33 heavy (non-hydrogen) atoms. The molecule has 0 saturated carbocycles. The molecule has 1 N–H and O–H groups in total. The van der Waals surface area contributed by atoms with E-state index in [1.807, 2.05) is 31.1 Å². The monoisotopic (exact) mass is 449 g/mol. The van der Waals surface area contributed by atoms with Gasteiger partial charge in [0, 0.05) is 56.8 Å². The Balaban J connectivity index is 1.80. The second-order valence-corrected chi connectivity index (χ2v) is 8.54. The van der Waals surface area contributed by atoms with Gasteiger partial charge in [-0.3, -0.25) is 24.7 Å². The van der Waals surface area contributed by atoms with Crippen molar-refractivity contribution in [1.82, 2.24) is 19.8 Å². The van der Waals surface area contributed by atoms with Crippen molar-refractivity contribution in [2.75, 3.05) is 46.2 Å². The molecule has 4 rings (SSSR count). The number of hydrogen-bond donors (Lipinski definition) is 1. The molecule has 9 heteroatoms. The number of fused-ring (bicyclic) bond motifs is 3. The van der Waals surface area contributed by atoms with Crippen LogP contribution in [-0.4, -0.2) is 91.5 Å². The summed E-state index contributed by atoms with van der Waals surface area (Å²) in [5, 5.41) is 3.51. The molecule has 2 atom stereocenters. The van der Waals surface area contributed by atoms with Gasteiger partial charge in [0.2, 0.25) is 5.91 Å². The van der Waals surface area contributed by atoms with Crippen molar-refractivity contribution in [3.8, 4) is 5.75 Å². The predicted octanol–water partition coefficient (Wildman–Crippen LogP) is 2.49. The summed E-state index contributed by atoms with van der Waals surface area (Å²) in [6, 6.07) is 3.86. The fourth-order valence-corrected chi connectivity index (χ4v) is 4.46. The predicted molar refractivity (Wildman–Crippen MR) is 132 cm³/mol. The Kier molecular flexibility index (Phi) is 6.98. The average molecular weight is 450 g/mol. The van der Waals surface area contributed by atoms with Gasteiger partial charge in [0.25, 0.3) is 0 Å². The molecule has 2 aromatic rings. The molecule has 1 fully saturated rings. The minimum absolute atomic E-state index is 0.137. The fourth-order valence-electron chi connectivity index (χ4n) is 4.46. The molecular formula is C24H31N7O2. The summed E-state index contributed by atoms with van der Waals surface area (Å²) < 4.78 is 6.28. The number of hydrogen-bond acceptors (Lipinski definition) is 8. The lowest BCUT2D eigenvalue weighted by molar-refractivity contribution is -0.136. The SMILES string of the molecule is C=N/C=C(\C=N/C)c1ccc2ncc3nc2c1OCCCN(C)C(=O)[C@@H]1C[C@H](CCN1C)N3. The number of nitrogens with one attached hydrogen (secondary N) is 1. The lowest BCUT2D eigenvalue weighted by atomic mass is 9.96. The number of benzene rings is 1. The number of nitrogens with zero attached hydrogens (tertiary/aromatic N) is 6. The van der Waals surface area contributed by atoms with Crippen LogP contribution < -0.4 is 10.1 Å². The number of ether oxygens (including phenoxy) is 1. The summed E-state index contributed by atoms with van der Waals surface area (Å²) in [6.07, 6.45) is 7.48. The standard InChI is InChI=1S/C24H31N7O2/c1-25-13-16(14-26-2)18-6-7-19-22-23(18)33-11-5-9-31(4)24(32)20-12-17(8-10-30(20)3)28-21(29-22)15-27-19/h6-7,13-15,17,20H,1,5,8-12H2,2-4H3,(H,28,29)/b16-13+,26-14-/t17-,20-/m0/s1. The van der Waals surface area contributed by atoms with E-state index >= 15 is 0 Å². The van der Waals surface area contributed by atoms with E-state index in [1.54, 1.807) is 25.7 Å². The maximum atomic E-state index is 13.1. The third-order valence-electron chi connectivity index (χ3n) is 6.25. The van der Waals surface area contributed by atoms with Crippen LogP contribution in [0, 0.1) is 0 Å². The second-order valence-electron chi connectivity index (χ2n) is 8.54. The zero-order valence-electron chi connectivity index (χ0n) is 19.5. The zero-order chi connectivity index (χ0) is 23.4. The maximum Gasteiger partial charge on any atom is 0.239 e. The van der Waals surface area contributed by atoms with Crippen LogP contribution in [0.15, 0.2) is 34.5 Å². The minimum Gasteiger partial charge on any atom is -0.491 e. The lowest BCUT2D eigenvalue weighted by Gasteiger charge is -2.38. The van der Waals surface area contributed by atoms with Crippen molar-refractivity contribution in [1.29, 1.82) is 0 Å². The van der Waals surface area contributed by atoms with Crippen molar-refractivity contribution >= 4 is 41.3 Å². The molecule has 1 saturated heterocycles. The van der Waals surface area contributed by atoms with Gasteiger partial charge in [-0.15, -0.1) is 0 Å². The van der Waals surface area contributed by atoms with Crippen LogP contribution in [0.2, 0.25) is 0 Å². The lowest BCUT2D eigenvalue weighted by Crippen LogP contribution is -2.52. The first kappa shape index (κ1) is 22.8. The van der Waals surface area contributed by atoms with E-state index in [4.69, 9.17) is 9.72 Å². The molecule has 1 aromatic heterocycles. The number of carbonyl (C=O) groups excluding carboxylic acids is 1. The Morgan fingerprint density at radius 1 is 1.33 bits per heavy atom. The highest BCUT2D eigenvalue weighted by Crippen LogP contribution is 2.33. The normalized spacial score (nSPS) is 22.8. The molecule has 2 aliphatic rings. The van der Waals surface area contributed by atoms with E-state index in [0.29, 0.717) is 36.7 Å². The molecule has 2 aliphatic heterocycles. The molecule has 0 spiro atoms. The van der Waals surface area contributed by atoms with Gasteiger partial charge < -0.3 is 15.0 Å². The first-order valence-corrected chi connectivity index (χ1v) is 11.2. The largest absolute Gasteiger partial charge is 0.491 e. The van der Waals surface area contributed by atoms with E-state index in [0.717, 1.165) is 36.0 Å². The molecule has 0 radical (unpaired) electrons. The van der Waals surface area contributed by atoms with Gasteiger partial charge in [-0.2, -0.15) is 0 Å². The molecule has 0 aliphatic carbocycles. The summed E-state index contributed by atoms with van der Waals surface area (Å²) >= 11 is 0. The van der Waals surface area contributed by atoms with Gasteiger partial charge in [0.05, 0.1) is 24.4 Å². The fraction of sp³-hybridized carbons (Fsp3) is 0.458. The molecule has 1 amide bonds. The molecule has 1 aromatic carbocycles. The summed E-state index contributed by atoms with van der Waals surface area (Å²) in [4.78, 5) is 34.7. The number of likely N-dealkylation sites (tertiary alicyclic amines) is 1. The van der Waals surface area contributed by atoms with Crippen molar-refractivity contribution in [2.45, 2.75) is 31.3 Å². The minimum atomic E-state index is -0.145. The Hall–Kier alpha value is -3.33. The quantitative estimate of drug-likeness (QED) is 0.724. The number of amides is 1. The van der Waals surface area contributed by atoms with E-state index in [2.05, 4.69) is 31.9 Å². The number of aromatic nitrogens is 2. The highest BCUT2D eigenvalue weighted by molar-refractivity contribution is 6.12. The van der Waals surface area contributed by atoms with E-state index in [1.165, 1.54) is 0 Å². The Morgan fingerprint density at radius 2 is 2.18 bits per heavy atom. The molecule has 9 nitrogen and oxygen atoms in total. The van der Waals surface area contributed by atoms with Crippen LogP contribution in [0.25, 0.3) is 16.6 Å². The summed E-state index contributed by atoms with van der Waals surface area (Å²) in [7, 11) is 5.60. The van der Waals surface area contributed by atoms with Gasteiger partial charge in [0.1, 0.15) is 11.3 Å². The third kappa shape index (κ3) is 4.88. The summed E-state index contributed by atoms with van der Waals surface area (Å²) in [5.74, 6) is 1.45. The van der Waals surface area contributed by atoms with Crippen molar-refractivity contribution in [3.05, 3.63) is 30.1 Å². The highest BCUT2D eigenvalue weighted by Gasteiger charge is 2.33. The first-order valence-electron chi connectivity index (χ1n) is 11.2. The number of likely N-dealkylation sites (N-methyl/N-ethyl adjacent to an activating group) is 2. The number of aliphatic imine (C=N–C) groups is 2. The molecule has 4 bridgehead atoms. The number of allylic oxidation sites excluding steroid dienone is 1. The van der Waals surface area contributed by atoms with Crippen LogP contribution >= 0.6 is 0 Å². The van der Waals surface area contributed by atoms with Gasteiger partial charge in [-0.1, -0.05) is 0 Å². The topological polar surface area (TPSA) is 95.3 Å². The Bertz CT molecular complexity index is 1100. The van der Waals surface area contributed by atoms with Gasteiger partial charge >= 0.3 is 0 Å². The molecule has 3 heterocycles. The van der Waals surface area contributed by atoms with Crippen LogP contribution in [0.3, 0.4) is 0 Å². The van der Waals surface area contributed by atoms with Crippen molar-refractivity contribution < 1.29 is 9.53 Å². The maximum absolute atomic E-state index is 13.1. The van der Waals surface area contributed by atoms with Crippen LogP contribution in [-0.2, 0) is 4.79 Å². The van der Waals surface area contributed by atoms with E-state index < -0.39 is 0 Å². The zero-order valence-corrected chi connectivity index (χ0v) is 19.5. The van der Waals surface area contributed by atoms with Gasteiger partial charge in [-0.25, -0.2) is 4.98 Å². The van der Waals surface area contributed by atoms with Gasteiger partial charge in [-0.05, 0) is 45.2 Å². The van der Waals surface area contributed by atoms with Crippen molar-refractivity contribution in [3.63, 3.8) is 0 Å². The number of carbonyl (C=O) groups is 1. The first-order chi connectivity index (χ1) is 16.0. The van der Waals surface area contributed by atoms with Crippen molar-refractivity contribution in [2.24, 2.45) is 9.98 Å². The number of anilines is 1. The van der Waals surface area contributed by atoms with Crippen LogP contribution in [0.1, 0.15) is 24.8 Å². The summed E-state index contributed by atoms with van der Waals surface area (Å²) in [6.45, 7) is 5.48. The molecule has 0 unspecified atom stereocenters. The van der Waals surface area contributed by atoms with E-state index in [9.17, 15) is 4.79 Å². The number of piperidine rings is 1. The van der Waals surface area contributed by atoms with Crippen LogP contribution in [0.5, 0.6) is 5.75 Å². The van der Waals surface area contributed by atoms with Gasteiger partial charge in [0.15, 0.2) is 5.75 Å². The highest BCUT2D eigenvalue weighted by atomic mass is 16.5. The van der Waals surface area contributed by atoms with E-state index in [-0.39, 0.29) is 18.0 Å². The second kappa shape index (κ2) is 10.1. The van der Waals surface area contributed by atoms with Crippen LogP contribution in [0.4, 0.5) is 5.82 Å². The molecule has 174 valence electrons. The number of rotatable bonds is 3.